The molecule has 0 unspecified atom stereocenters. The van der Waals surface area contributed by atoms with Gasteiger partial charge in [-0.05, 0) is 30.3 Å². The summed E-state index contributed by atoms with van der Waals surface area (Å²) in [5, 5.41) is 3.04. The smallest absolute Gasteiger partial charge is 0.435 e. The molecule has 0 saturated heterocycles. The summed E-state index contributed by atoms with van der Waals surface area (Å²) < 4.78 is 52.6. The minimum Gasteiger partial charge on any atom is -0.454 e. The molecule has 0 amide bonds. The third-order valence-corrected chi connectivity index (χ3v) is 4.31. The van der Waals surface area contributed by atoms with E-state index in [2.05, 4.69) is 20.3 Å². The number of benzene rings is 1. The van der Waals surface area contributed by atoms with Crippen molar-refractivity contribution < 1.29 is 22.6 Å². The molecule has 4 aromatic rings. The highest BCUT2D eigenvalue weighted by molar-refractivity contribution is 5.66. The summed E-state index contributed by atoms with van der Waals surface area (Å²) in [5.74, 6) is 1.43. The van der Waals surface area contributed by atoms with E-state index in [1.807, 2.05) is 0 Å². The predicted octanol–water partition coefficient (Wildman–Crippen LogP) is 4.28. The van der Waals surface area contributed by atoms with E-state index in [9.17, 15) is 13.2 Å². The summed E-state index contributed by atoms with van der Waals surface area (Å²) in [6.07, 6.45) is -1.76. The van der Waals surface area contributed by atoms with E-state index in [1.54, 1.807) is 36.4 Å². The number of halogens is 3. The van der Waals surface area contributed by atoms with Crippen molar-refractivity contribution >= 4 is 17.2 Å². The van der Waals surface area contributed by atoms with Gasteiger partial charge in [-0.1, -0.05) is 6.07 Å². The first-order valence-electron chi connectivity index (χ1n) is 8.53. The molecule has 1 aromatic carbocycles. The van der Waals surface area contributed by atoms with Crippen molar-refractivity contribution in [2.75, 3.05) is 12.1 Å². The molecule has 0 aliphatic carbocycles. The number of pyridine rings is 1. The van der Waals surface area contributed by atoms with Crippen molar-refractivity contribution in [1.82, 2.24) is 19.4 Å². The van der Waals surface area contributed by atoms with Crippen LogP contribution in [0.5, 0.6) is 11.5 Å². The van der Waals surface area contributed by atoms with Gasteiger partial charge < -0.3 is 14.8 Å². The van der Waals surface area contributed by atoms with Crippen molar-refractivity contribution in [3.8, 4) is 23.0 Å². The number of rotatable bonds is 3. The van der Waals surface area contributed by atoms with Gasteiger partial charge in [-0.25, -0.2) is 15.0 Å². The number of imidazole rings is 1. The summed E-state index contributed by atoms with van der Waals surface area (Å²) >= 11 is 0. The Labute approximate surface area is 161 Å². The number of anilines is 2. The van der Waals surface area contributed by atoms with Crippen LogP contribution in [-0.2, 0) is 6.18 Å². The van der Waals surface area contributed by atoms with Gasteiger partial charge in [-0.15, -0.1) is 0 Å². The number of fused-ring (bicyclic) bond motifs is 2. The Balaban J connectivity index is 1.57. The number of hydrogen-bond acceptors (Lipinski definition) is 6. The molecule has 1 aliphatic heterocycles. The fraction of sp³-hybridized carbons (Fsp3) is 0.105. The van der Waals surface area contributed by atoms with Gasteiger partial charge in [-0.2, -0.15) is 13.2 Å². The number of alkyl halides is 3. The van der Waals surface area contributed by atoms with Gasteiger partial charge in [0.05, 0.1) is 0 Å². The van der Waals surface area contributed by atoms with Crippen LogP contribution in [0.1, 0.15) is 5.69 Å². The van der Waals surface area contributed by atoms with Crippen LogP contribution in [0.15, 0.2) is 54.9 Å². The Bertz CT molecular complexity index is 1220. The Hall–Kier alpha value is -3.82. The van der Waals surface area contributed by atoms with E-state index in [0.29, 0.717) is 23.0 Å². The van der Waals surface area contributed by atoms with Crippen LogP contribution in [0.25, 0.3) is 17.2 Å². The van der Waals surface area contributed by atoms with Gasteiger partial charge in [0.2, 0.25) is 6.79 Å². The van der Waals surface area contributed by atoms with Crippen molar-refractivity contribution in [1.29, 1.82) is 0 Å². The third-order valence-electron chi connectivity index (χ3n) is 4.31. The minimum atomic E-state index is -4.65. The molecule has 0 bridgehead atoms. The lowest BCUT2D eigenvalue weighted by molar-refractivity contribution is -0.140. The van der Waals surface area contributed by atoms with Gasteiger partial charge in [0, 0.05) is 24.1 Å². The lowest BCUT2D eigenvalue weighted by atomic mass is 10.2. The summed E-state index contributed by atoms with van der Waals surface area (Å²) in [5.41, 5.74) is -0.452. The molecule has 0 saturated carbocycles. The molecule has 0 spiro atoms. The van der Waals surface area contributed by atoms with Crippen molar-refractivity contribution in [2.24, 2.45) is 0 Å². The van der Waals surface area contributed by atoms with E-state index in [0.717, 1.165) is 0 Å². The third kappa shape index (κ3) is 3.08. The fourth-order valence-electron chi connectivity index (χ4n) is 3.07. The highest BCUT2D eigenvalue weighted by atomic mass is 19.4. The summed E-state index contributed by atoms with van der Waals surface area (Å²) in [4.78, 5) is 12.0. The highest BCUT2D eigenvalue weighted by Crippen LogP contribution is 2.37. The molecule has 5 rings (SSSR count). The molecule has 29 heavy (non-hydrogen) atoms. The quantitative estimate of drug-likeness (QED) is 0.554. The topological polar surface area (TPSA) is 73.6 Å². The molecular weight excluding hydrogens is 387 g/mol. The van der Waals surface area contributed by atoms with Crippen LogP contribution in [0, 0.1) is 0 Å². The van der Waals surface area contributed by atoms with Gasteiger partial charge in [0.15, 0.2) is 23.0 Å². The van der Waals surface area contributed by atoms with E-state index >= 15 is 0 Å². The maximum absolute atomic E-state index is 13.6. The molecule has 4 heterocycles. The second-order valence-corrected chi connectivity index (χ2v) is 6.19. The van der Waals surface area contributed by atoms with Gasteiger partial charge in [-0.3, -0.25) is 4.40 Å². The number of nitrogens with zero attached hydrogens (tertiary/aromatic N) is 4. The monoisotopic (exact) mass is 399 g/mol. The van der Waals surface area contributed by atoms with E-state index in [4.69, 9.17) is 9.47 Å². The van der Waals surface area contributed by atoms with Gasteiger partial charge in [0.1, 0.15) is 17.2 Å². The van der Waals surface area contributed by atoms with E-state index in [-0.39, 0.29) is 24.0 Å². The van der Waals surface area contributed by atoms with Gasteiger partial charge in [0.25, 0.3) is 0 Å². The second kappa shape index (κ2) is 6.36. The Morgan fingerprint density at radius 3 is 2.72 bits per heavy atom. The van der Waals surface area contributed by atoms with E-state index in [1.165, 1.54) is 22.9 Å². The predicted molar refractivity (Wildman–Crippen MR) is 97.1 cm³/mol. The maximum Gasteiger partial charge on any atom is 0.435 e. The normalized spacial score (nSPS) is 13.1. The van der Waals surface area contributed by atoms with Crippen molar-refractivity contribution in [2.45, 2.75) is 6.18 Å². The molecular formula is C19H12F3N5O2. The van der Waals surface area contributed by atoms with Gasteiger partial charge >= 0.3 is 6.18 Å². The fourth-order valence-corrected chi connectivity index (χ4v) is 3.07. The maximum atomic E-state index is 13.6. The number of ether oxygens (including phenoxy) is 2. The average Bonchev–Trinajstić information content (AvgIpc) is 3.32. The number of nitrogens with one attached hydrogen (secondary N) is 1. The zero-order chi connectivity index (χ0) is 20.0. The van der Waals surface area contributed by atoms with Crippen LogP contribution in [0.4, 0.5) is 24.7 Å². The highest BCUT2D eigenvalue weighted by Gasteiger charge is 2.39. The minimum absolute atomic E-state index is 0.0956. The number of hydrogen-bond donors (Lipinski definition) is 1. The molecule has 3 aromatic heterocycles. The summed E-state index contributed by atoms with van der Waals surface area (Å²) in [7, 11) is 0. The van der Waals surface area contributed by atoms with Crippen LogP contribution in [-0.4, -0.2) is 26.1 Å². The molecule has 1 N–H and O–H groups in total. The first-order valence-corrected chi connectivity index (χ1v) is 8.53. The Morgan fingerprint density at radius 2 is 1.86 bits per heavy atom. The van der Waals surface area contributed by atoms with Crippen molar-refractivity contribution in [3.05, 3.63) is 60.6 Å². The zero-order valence-electron chi connectivity index (χ0n) is 14.6. The second-order valence-electron chi connectivity index (χ2n) is 6.19. The average molecular weight is 399 g/mol. The summed E-state index contributed by atoms with van der Waals surface area (Å²) in [6, 6.07) is 11.5. The lowest BCUT2D eigenvalue weighted by Crippen LogP contribution is -2.09. The van der Waals surface area contributed by atoms with Crippen LogP contribution in [0.3, 0.4) is 0 Å². The van der Waals surface area contributed by atoms with Crippen LogP contribution < -0.4 is 14.8 Å². The standard InChI is InChI=1S/C19H12F3N5O2/c20-19(21,22)17-16(27-8-2-1-3-15(27)26-17)18-23-7-6-14(25-18)24-11-4-5-12-13(9-11)29-10-28-12/h1-9H,10H2,(H,23,24,25). The zero-order valence-corrected chi connectivity index (χ0v) is 14.6. The van der Waals surface area contributed by atoms with Crippen LogP contribution >= 0.6 is 0 Å². The van der Waals surface area contributed by atoms with E-state index < -0.39 is 11.9 Å². The Kier molecular flexibility index (Phi) is 3.79. The Morgan fingerprint density at radius 1 is 1.00 bits per heavy atom. The largest absolute Gasteiger partial charge is 0.454 e. The SMILES string of the molecule is FC(F)(F)c1nc2ccccn2c1-c1nccc(Nc2ccc3c(c2)OCO3)n1. The molecule has 10 heteroatoms. The molecule has 0 atom stereocenters. The summed E-state index contributed by atoms with van der Waals surface area (Å²) in [6.45, 7) is 0.144. The van der Waals surface area contributed by atoms with Crippen LogP contribution in [0.2, 0.25) is 0 Å². The molecule has 0 fully saturated rings. The molecule has 1 aliphatic rings. The van der Waals surface area contributed by atoms with Crippen molar-refractivity contribution in [3.63, 3.8) is 0 Å². The first-order chi connectivity index (χ1) is 14.0. The lowest BCUT2D eigenvalue weighted by Gasteiger charge is -2.10. The first kappa shape index (κ1) is 17.3. The number of aromatic nitrogens is 4. The molecule has 146 valence electrons. The molecule has 0 radical (unpaired) electrons. The molecule has 7 nitrogen and oxygen atoms in total.